The minimum absolute atomic E-state index is 0.144. The maximum Gasteiger partial charge on any atom is 0.254 e. The number of rotatable bonds is 9. The molecule has 3 fully saturated rings. The van der Waals surface area contributed by atoms with Crippen LogP contribution in [-0.2, 0) is 15.4 Å². The highest BCUT2D eigenvalue weighted by Gasteiger charge is 2.44. The molecule has 3 saturated heterocycles. The number of sulfonamides is 1. The lowest BCUT2D eigenvalue weighted by Crippen LogP contribution is -2.49. The summed E-state index contributed by atoms with van der Waals surface area (Å²) in [6.07, 6.45) is 7.02. The zero-order valence-electron chi connectivity index (χ0n) is 28.4. The Labute approximate surface area is 287 Å². The molecule has 1 amide bonds. The molecular weight excluding hydrogens is 645 g/mol. The lowest BCUT2D eigenvalue weighted by atomic mass is 9.70. The topological polar surface area (TPSA) is 87.5 Å². The summed E-state index contributed by atoms with van der Waals surface area (Å²) < 4.78 is 59.6. The number of imidazole rings is 1. The number of hydrogen-bond acceptors (Lipinski definition) is 5. The molecule has 3 aliphatic rings. The first kappa shape index (κ1) is 33.8. The highest BCUT2D eigenvalue weighted by molar-refractivity contribution is 7.89. The Morgan fingerprint density at radius 2 is 1.61 bits per heavy atom. The first-order valence-corrected chi connectivity index (χ1v) is 19.0. The van der Waals surface area contributed by atoms with Gasteiger partial charge in [-0.1, -0.05) is 42.5 Å². The van der Waals surface area contributed by atoms with Gasteiger partial charge < -0.3 is 9.47 Å². The van der Waals surface area contributed by atoms with Crippen molar-refractivity contribution in [2.24, 2.45) is 0 Å². The monoisotopic (exact) mass is 689 g/mol. The van der Waals surface area contributed by atoms with Crippen LogP contribution >= 0.6 is 0 Å². The summed E-state index contributed by atoms with van der Waals surface area (Å²) in [5.41, 5.74) is 3.22. The maximum absolute atomic E-state index is 14.7. The van der Waals surface area contributed by atoms with E-state index in [-0.39, 0.29) is 11.0 Å². The van der Waals surface area contributed by atoms with Crippen molar-refractivity contribution in [3.8, 4) is 0 Å². The molecule has 260 valence electrons. The third kappa shape index (κ3) is 6.41. The van der Waals surface area contributed by atoms with Crippen LogP contribution in [0.3, 0.4) is 0 Å². The van der Waals surface area contributed by atoms with E-state index in [9.17, 15) is 22.0 Å². The van der Waals surface area contributed by atoms with Crippen LogP contribution in [0.15, 0.2) is 71.6 Å². The number of aryl methyl sites for hydroxylation is 1. The second-order valence-electron chi connectivity index (χ2n) is 14.5. The predicted molar refractivity (Wildman–Crippen MR) is 186 cm³/mol. The van der Waals surface area contributed by atoms with Crippen LogP contribution in [0, 0.1) is 18.6 Å². The Morgan fingerprint density at radius 1 is 0.959 bits per heavy atom. The largest absolute Gasteiger partial charge is 0.339 e. The van der Waals surface area contributed by atoms with Crippen molar-refractivity contribution >= 4 is 27.0 Å². The van der Waals surface area contributed by atoms with Gasteiger partial charge in [-0.25, -0.2) is 26.9 Å². The molecule has 1 aromatic heterocycles. The smallest absolute Gasteiger partial charge is 0.254 e. The second kappa shape index (κ2) is 13.2. The molecule has 0 spiro atoms. The van der Waals surface area contributed by atoms with E-state index in [1.165, 1.54) is 23.9 Å². The quantitative estimate of drug-likeness (QED) is 0.210. The molecule has 0 saturated carbocycles. The van der Waals surface area contributed by atoms with Gasteiger partial charge in [0.25, 0.3) is 5.91 Å². The van der Waals surface area contributed by atoms with Crippen molar-refractivity contribution in [1.29, 1.82) is 0 Å². The average molecular weight is 690 g/mol. The first-order valence-electron chi connectivity index (χ1n) is 17.5. The summed E-state index contributed by atoms with van der Waals surface area (Å²) in [6.45, 7) is 7.13. The summed E-state index contributed by atoms with van der Waals surface area (Å²) in [7, 11) is -4.35. The zero-order chi connectivity index (χ0) is 34.5. The van der Waals surface area contributed by atoms with Gasteiger partial charge >= 0.3 is 0 Å². The fourth-order valence-electron chi connectivity index (χ4n) is 8.84. The summed E-state index contributed by atoms with van der Waals surface area (Å²) in [6, 6.07) is 21.6. The van der Waals surface area contributed by atoms with E-state index in [1.54, 1.807) is 18.7 Å². The van der Waals surface area contributed by atoms with E-state index in [2.05, 4.69) is 63.6 Å². The predicted octanol–water partition coefficient (Wildman–Crippen LogP) is 6.74. The van der Waals surface area contributed by atoms with Gasteiger partial charge in [0.2, 0.25) is 10.0 Å². The maximum atomic E-state index is 14.7. The summed E-state index contributed by atoms with van der Waals surface area (Å²) in [5.74, 6) is -2.26. The number of likely N-dealkylation sites (tertiary alicyclic amines) is 1. The Hall–Kier alpha value is -3.67. The number of para-hydroxylation sites is 2. The van der Waals surface area contributed by atoms with E-state index < -0.39 is 38.5 Å². The van der Waals surface area contributed by atoms with Gasteiger partial charge in [-0.3, -0.25) is 9.69 Å². The van der Waals surface area contributed by atoms with Crippen LogP contribution in [0.1, 0.15) is 86.6 Å². The second-order valence-corrected chi connectivity index (χ2v) is 16.2. The molecule has 1 N–H and O–H groups in total. The molecule has 2 bridgehead atoms. The van der Waals surface area contributed by atoms with Gasteiger partial charge in [0.1, 0.15) is 10.7 Å². The van der Waals surface area contributed by atoms with Crippen molar-refractivity contribution in [3.63, 3.8) is 0 Å². The van der Waals surface area contributed by atoms with E-state index in [0.29, 0.717) is 31.2 Å². The highest BCUT2D eigenvalue weighted by Crippen LogP contribution is 2.45. The molecule has 0 radical (unpaired) electrons. The molecule has 4 heterocycles. The molecule has 7 rings (SSSR count). The number of piperidine rings is 2. The van der Waals surface area contributed by atoms with Crippen LogP contribution in [0.4, 0.5) is 8.78 Å². The zero-order valence-corrected chi connectivity index (χ0v) is 29.2. The average Bonchev–Trinajstić information content (AvgIpc) is 3.54. The normalized spacial score (nSPS) is 22.7. The number of aromatic nitrogens is 2. The van der Waals surface area contributed by atoms with Gasteiger partial charge in [-0.15, -0.1) is 0 Å². The Morgan fingerprint density at radius 3 is 2.29 bits per heavy atom. The first-order chi connectivity index (χ1) is 23.5. The highest BCUT2D eigenvalue weighted by atomic mass is 32.2. The molecule has 4 aromatic rings. The third-order valence-electron chi connectivity index (χ3n) is 11.2. The van der Waals surface area contributed by atoms with Gasteiger partial charge in [-0.2, -0.15) is 0 Å². The number of carbonyl (C=O) groups excluding carboxylic acids is 1. The van der Waals surface area contributed by atoms with Crippen molar-refractivity contribution in [2.45, 2.75) is 100 Å². The van der Waals surface area contributed by atoms with Gasteiger partial charge in [0.05, 0.1) is 11.0 Å². The van der Waals surface area contributed by atoms with Crippen LogP contribution in [0.5, 0.6) is 0 Å². The number of nitrogens with zero attached hydrogens (tertiary/aromatic N) is 4. The number of carbonyl (C=O) groups is 1. The van der Waals surface area contributed by atoms with Crippen LogP contribution in [-0.4, -0.2) is 71.4 Å². The van der Waals surface area contributed by atoms with Crippen molar-refractivity contribution < 1.29 is 22.0 Å². The molecule has 3 atom stereocenters. The van der Waals surface area contributed by atoms with E-state index in [4.69, 9.17) is 4.98 Å². The number of nitrogens with one attached hydrogen (secondary N) is 1. The molecule has 3 aliphatic heterocycles. The third-order valence-corrected chi connectivity index (χ3v) is 12.8. The van der Waals surface area contributed by atoms with Crippen LogP contribution in [0.25, 0.3) is 11.0 Å². The minimum atomic E-state index is -4.35. The summed E-state index contributed by atoms with van der Waals surface area (Å²) >= 11 is 0. The molecular formula is C38H45F2N5O3S. The van der Waals surface area contributed by atoms with E-state index in [0.717, 1.165) is 62.1 Å². The number of hydrogen-bond donors (Lipinski definition) is 1. The summed E-state index contributed by atoms with van der Waals surface area (Å²) in [5, 5.41) is 0. The van der Waals surface area contributed by atoms with Gasteiger partial charge in [0, 0.05) is 42.8 Å². The van der Waals surface area contributed by atoms with Crippen molar-refractivity contribution in [3.05, 3.63) is 95.3 Å². The Balaban J connectivity index is 1.07. The molecule has 0 aliphatic carbocycles. The van der Waals surface area contributed by atoms with Gasteiger partial charge in [-0.05, 0) is 108 Å². The van der Waals surface area contributed by atoms with Gasteiger partial charge in [0.15, 0.2) is 11.6 Å². The molecule has 49 heavy (non-hydrogen) atoms. The Bertz CT molecular complexity index is 1940. The minimum Gasteiger partial charge on any atom is -0.339 e. The van der Waals surface area contributed by atoms with Crippen molar-refractivity contribution in [1.82, 2.24) is 24.1 Å². The number of fused-ring (bicyclic) bond motifs is 3. The van der Waals surface area contributed by atoms with E-state index >= 15 is 0 Å². The molecule has 1 unspecified atom stereocenters. The van der Waals surface area contributed by atoms with Crippen molar-refractivity contribution in [2.75, 3.05) is 19.6 Å². The van der Waals surface area contributed by atoms with Crippen LogP contribution in [0.2, 0.25) is 0 Å². The number of amides is 1. The number of halogens is 2. The standard InChI is InChI=1S/C38H45F2N5O3S/c1-25(2)42-49(47,48)35-22-27(21-32(39)36(35)40)37(46)43-18-15-38(16-19-43,28-9-5-4-6-10-28)17-20-44-29-13-14-30(44)24-31(23-29)45-26(3)41-33-11-7-8-12-34(33)45/h4-12,21-22,25,29-31,42H,13-20,23-24H2,1-3H3/t29-,30+,31?. The number of benzene rings is 3. The Kier molecular flexibility index (Phi) is 9.13. The lowest BCUT2D eigenvalue weighted by molar-refractivity contribution is 0.0606. The fourth-order valence-corrected chi connectivity index (χ4v) is 10.2. The lowest BCUT2D eigenvalue weighted by Gasteiger charge is -2.45. The summed E-state index contributed by atoms with van der Waals surface area (Å²) in [4.78, 5) is 22.0. The fraction of sp³-hybridized carbons (Fsp3) is 0.474. The molecule has 11 heteroatoms. The SMILES string of the molecule is Cc1nc2ccccc2n1C1C[C@H]2CC[C@@H](C1)N2CCC1(c2ccccc2)CCN(C(=O)c2cc(F)c(F)c(S(=O)(=O)NC(C)C)c2)CC1. The van der Waals surface area contributed by atoms with E-state index in [1.807, 2.05) is 12.1 Å². The molecule has 3 aromatic carbocycles. The van der Waals surface area contributed by atoms with Crippen LogP contribution < -0.4 is 4.72 Å². The molecule has 8 nitrogen and oxygen atoms in total.